The molecule has 108 valence electrons. The SMILES string of the molecule is COCCNC(=O)COc1ccc2c(c1)CC/C2=N\O. The molecule has 6 heteroatoms. The van der Waals surface area contributed by atoms with Crippen LogP contribution in [0.15, 0.2) is 23.4 Å². The Hall–Kier alpha value is -2.08. The molecule has 0 bridgehead atoms. The quantitative estimate of drug-likeness (QED) is 0.461. The van der Waals surface area contributed by atoms with E-state index in [-0.39, 0.29) is 12.5 Å². The van der Waals surface area contributed by atoms with E-state index in [1.165, 1.54) is 0 Å². The molecule has 2 N–H and O–H groups in total. The minimum atomic E-state index is -0.180. The zero-order valence-electron chi connectivity index (χ0n) is 11.4. The Labute approximate surface area is 117 Å². The van der Waals surface area contributed by atoms with Gasteiger partial charge in [-0.1, -0.05) is 5.16 Å². The summed E-state index contributed by atoms with van der Waals surface area (Å²) in [6.45, 7) is 0.927. The molecule has 0 aliphatic heterocycles. The van der Waals surface area contributed by atoms with Crippen molar-refractivity contribution in [3.8, 4) is 5.75 Å². The first-order chi connectivity index (χ1) is 9.74. The van der Waals surface area contributed by atoms with Crippen molar-refractivity contribution >= 4 is 11.6 Å². The Bertz CT molecular complexity index is 514. The number of methoxy groups -OCH3 is 1. The number of hydrogen-bond donors (Lipinski definition) is 2. The molecule has 0 saturated carbocycles. The van der Waals surface area contributed by atoms with Gasteiger partial charge in [0.25, 0.3) is 5.91 Å². The van der Waals surface area contributed by atoms with Crippen LogP contribution >= 0.6 is 0 Å². The van der Waals surface area contributed by atoms with Crippen LogP contribution in [0.1, 0.15) is 17.5 Å². The molecule has 1 aliphatic carbocycles. The van der Waals surface area contributed by atoms with E-state index in [9.17, 15) is 4.79 Å². The maximum absolute atomic E-state index is 11.5. The maximum atomic E-state index is 11.5. The van der Waals surface area contributed by atoms with Gasteiger partial charge in [-0.25, -0.2) is 0 Å². The first-order valence-corrected chi connectivity index (χ1v) is 6.47. The average Bonchev–Trinajstić information content (AvgIpc) is 2.87. The zero-order chi connectivity index (χ0) is 14.4. The van der Waals surface area contributed by atoms with Gasteiger partial charge in [0.15, 0.2) is 6.61 Å². The number of benzene rings is 1. The van der Waals surface area contributed by atoms with Gasteiger partial charge in [-0.15, -0.1) is 0 Å². The monoisotopic (exact) mass is 278 g/mol. The van der Waals surface area contributed by atoms with Crippen LogP contribution in [0.2, 0.25) is 0 Å². The van der Waals surface area contributed by atoms with Gasteiger partial charge in [0.2, 0.25) is 0 Å². The predicted molar refractivity (Wildman–Crippen MR) is 73.5 cm³/mol. The number of nitrogens with zero attached hydrogens (tertiary/aromatic N) is 1. The zero-order valence-corrected chi connectivity index (χ0v) is 11.4. The van der Waals surface area contributed by atoms with Crippen molar-refractivity contribution in [3.05, 3.63) is 29.3 Å². The van der Waals surface area contributed by atoms with Gasteiger partial charge >= 0.3 is 0 Å². The molecule has 0 atom stereocenters. The second kappa shape index (κ2) is 6.91. The summed E-state index contributed by atoms with van der Waals surface area (Å²) >= 11 is 0. The number of aryl methyl sites for hydroxylation is 1. The second-order valence-electron chi connectivity index (χ2n) is 4.50. The number of carbonyl (C=O) groups is 1. The van der Waals surface area contributed by atoms with E-state index in [1.54, 1.807) is 13.2 Å². The highest BCUT2D eigenvalue weighted by Crippen LogP contribution is 2.26. The lowest BCUT2D eigenvalue weighted by molar-refractivity contribution is -0.123. The molecule has 20 heavy (non-hydrogen) atoms. The van der Waals surface area contributed by atoms with Crippen LogP contribution in [0.4, 0.5) is 0 Å². The smallest absolute Gasteiger partial charge is 0.258 e. The number of ether oxygens (including phenoxy) is 2. The topological polar surface area (TPSA) is 80.2 Å². The largest absolute Gasteiger partial charge is 0.484 e. The van der Waals surface area contributed by atoms with Crippen molar-refractivity contribution in [2.75, 3.05) is 26.9 Å². The van der Waals surface area contributed by atoms with Crippen LogP contribution < -0.4 is 10.1 Å². The van der Waals surface area contributed by atoms with Crippen LogP contribution in [0.25, 0.3) is 0 Å². The van der Waals surface area contributed by atoms with Gasteiger partial charge in [-0.2, -0.15) is 0 Å². The lowest BCUT2D eigenvalue weighted by atomic mass is 10.1. The van der Waals surface area contributed by atoms with Crippen molar-refractivity contribution in [2.45, 2.75) is 12.8 Å². The van der Waals surface area contributed by atoms with Crippen LogP contribution in [0.3, 0.4) is 0 Å². The van der Waals surface area contributed by atoms with Crippen molar-refractivity contribution in [1.82, 2.24) is 5.32 Å². The number of oxime groups is 1. The number of fused-ring (bicyclic) bond motifs is 1. The standard InChI is InChI=1S/C14H18N2O4/c1-19-7-6-15-14(17)9-20-11-3-4-12-10(8-11)2-5-13(12)16-18/h3-4,8,18H,2,5-7,9H2,1H3,(H,15,17)/b16-13+. The third-order valence-corrected chi connectivity index (χ3v) is 3.14. The molecule has 0 saturated heterocycles. The first-order valence-electron chi connectivity index (χ1n) is 6.47. The normalized spacial score (nSPS) is 15.2. The van der Waals surface area contributed by atoms with Gasteiger partial charge in [-0.05, 0) is 36.6 Å². The maximum Gasteiger partial charge on any atom is 0.258 e. The van der Waals surface area contributed by atoms with E-state index >= 15 is 0 Å². The van der Waals surface area contributed by atoms with E-state index in [1.807, 2.05) is 12.1 Å². The van der Waals surface area contributed by atoms with Crippen molar-refractivity contribution in [2.24, 2.45) is 5.16 Å². The molecule has 0 unspecified atom stereocenters. The molecule has 0 aromatic heterocycles. The molecule has 1 amide bonds. The number of rotatable bonds is 6. The Morgan fingerprint density at radius 2 is 2.30 bits per heavy atom. The minimum absolute atomic E-state index is 0.0244. The summed E-state index contributed by atoms with van der Waals surface area (Å²) < 4.78 is 10.3. The summed E-state index contributed by atoms with van der Waals surface area (Å²) in [7, 11) is 1.58. The predicted octanol–water partition coefficient (Wildman–Crippen LogP) is 0.952. The highest BCUT2D eigenvalue weighted by atomic mass is 16.5. The Kier molecular flexibility index (Phi) is 4.95. The van der Waals surface area contributed by atoms with Gasteiger partial charge in [0.05, 0.1) is 12.3 Å². The lowest BCUT2D eigenvalue weighted by Gasteiger charge is -2.08. The van der Waals surface area contributed by atoms with Gasteiger partial charge in [-0.3, -0.25) is 4.79 Å². The highest BCUT2D eigenvalue weighted by molar-refractivity contribution is 6.04. The lowest BCUT2D eigenvalue weighted by Crippen LogP contribution is -2.31. The van der Waals surface area contributed by atoms with Gasteiger partial charge in [0, 0.05) is 19.2 Å². The van der Waals surface area contributed by atoms with Crippen molar-refractivity contribution < 1.29 is 19.5 Å². The fourth-order valence-corrected chi connectivity index (χ4v) is 2.13. The number of hydrogen-bond acceptors (Lipinski definition) is 5. The van der Waals surface area contributed by atoms with Crippen LogP contribution in [-0.4, -0.2) is 43.7 Å². The minimum Gasteiger partial charge on any atom is -0.484 e. The number of carbonyl (C=O) groups excluding carboxylic acids is 1. The van der Waals surface area contributed by atoms with Crippen LogP contribution in [0, 0.1) is 0 Å². The van der Waals surface area contributed by atoms with E-state index in [0.29, 0.717) is 24.6 Å². The molecular weight excluding hydrogens is 260 g/mol. The molecule has 0 heterocycles. The third-order valence-electron chi connectivity index (χ3n) is 3.14. The Balaban J connectivity index is 1.87. The molecule has 6 nitrogen and oxygen atoms in total. The molecule has 2 rings (SSSR count). The van der Waals surface area contributed by atoms with E-state index < -0.39 is 0 Å². The average molecular weight is 278 g/mol. The number of nitrogens with one attached hydrogen (secondary N) is 1. The first kappa shape index (κ1) is 14.3. The van der Waals surface area contributed by atoms with E-state index in [0.717, 1.165) is 24.0 Å². The number of amides is 1. The summed E-state index contributed by atoms with van der Waals surface area (Å²) in [6, 6.07) is 5.52. The molecule has 0 fully saturated rings. The summed E-state index contributed by atoms with van der Waals surface area (Å²) in [6.07, 6.45) is 1.55. The molecular formula is C14H18N2O4. The summed E-state index contributed by atoms with van der Waals surface area (Å²) in [5, 5.41) is 14.8. The van der Waals surface area contributed by atoms with Crippen molar-refractivity contribution in [1.29, 1.82) is 0 Å². The van der Waals surface area contributed by atoms with E-state index in [4.69, 9.17) is 14.7 Å². The summed E-state index contributed by atoms with van der Waals surface area (Å²) in [5.41, 5.74) is 2.73. The Morgan fingerprint density at radius 3 is 3.05 bits per heavy atom. The van der Waals surface area contributed by atoms with Gasteiger partial charge in [0.1, 0.15) is 5.75 Å². The summed E-state index contributed by atoms with van der Waals surface area (Å²) in [4.78, 5) is 11.5. The van der Waals surface area contributed by atoms with E-state index in [2.05, 4.69) is 10.5 Å². The highest BCUT2D eigenvalue weighted by Gasteiger charge is 2.18. The molecule has 1 aromatic rings. The van der Waals surface area contributed by atoms with Crippen LogP contribution in [-0.2, 0) is 16.0 Å². The van der Waals surface area contributed by atoms with Gasteiger partial charge < -0.3 is 20.0 Å². The molecule has 0 radical (unpaired) electrons. The fraction of sp³-hybridized carbons (Fsp3) is 0.429. The summed E-state index contributed by atoms with van der Waals surface area (Å²) in [5.74, 6) is 0.463. The van der Waals surface area contributed by atoms with Crippen molar-refractivity contribution in [3.63, 3.8) is 0 Å². The third kappa shape index (κ3) is 3.48. The fourth-order valence-electron chi connectivity index (χ4n) is 2.13. The Morgan fingerprint density at radius 1 is 1.45 bits per heavy atom. The van der Waals surface area contributed by atoms with Crippen LogP contribution in [0.5, 0.6) is 5.75 Å². The molecule has 1 aromatic carbocycles. The second-order valence-corrected chi connectivity index (χ2v) is 4.50. The molecule has 1 aliphatic rings. The molecule has 0 spiro atoms.